The molecule has 0 aromatic rings. The van der Waals surface area contributed by atoms with Gasteiger partial charge in [0.15, 0.2) is 5.34 Å². The van der Waals surface area contributed by atoms with Gasteiger partial charge in [0.05, 0.1) is 0 Å². The minimum absolute atomic E-state index is 0. The molecule has 0 aromatic heterocycles. The van der Waals surface area contributed by atoms with Gasteiger partial charge >= 0.3 is 29.6 Å². The van der Waals surface area contributed by atoms with Crippen molar-refractivity contribution in [3.63, 3.8) is 0 Å². The van der Waals surface area contributed by atoms with Crippen molar-refractivity contribution in [1.82, 2.24) is 0 Å². The molecule has 0 aromatic carbocycles. The van der Waals surface area contributed by atoms with Gasteiger partial charge in [-0.05, 0) is 0 Å². The van der Waals surface area contributed by atoms with Gasteiger partial charge in [-0.15, -0.1) is 4.91 Å². The van der Waals surface area contributed by atoms with Gasteiger partial charge in [-0.2, -0.15) is 5.26 Å². The van der Waals surface area contributed by atoms with E-state index in [2.05, 4.69) is 12.6 Å². The summed E-state index contributed by atoms with van der Waals surface area (Å²) in [6.45, 7) is 0. The predicted octanol–water partition coefficient (Wildman–Crippen LogP) is -0.109. The minimum atomic E-state index is 0. The van der Waals surface area contributed by atoms with Gasteiger partial charge in [0.2, 0.25) is 0 Å². The molecule has 0 spiro atoms. The Kier molecular flexibility index (Phi) is 76.5. The zero-order valence-corrected chi connectivity index (χ0v) is 3.59. The van der Waals surface area contributed by atoms with Crippen molar-refractivity contribution < 1.29 is 5.21 Å². The average Bonchev–Trinajstić information content (AvgIpc) is 1.39. The van der Waals surface area contributed by atoms with Crippen LogP contribution in [0.3, 0.4) is 0 Å². The van der Waals surface area contributed by atoms with Crippen LogP contribution >= 0.6 is 12.6 Å². The first kappa shape index (κ1) is 15.7. The number of thiol groups is 1. The molecular weight excluding hydrogens is 127 g/mol. The maximum absolute atomic E-state index is 8.11. The molecule has 7 heavy (non-hydrogen) atoms. The fourth-order valence-electron chi connectivity index (χ4n) is 0. The fraction of sp³-hybridized carbons (Fsp3) is 0. The van der Waals surface area contributed by atoms with Crippen LogP contribution in [0.4, 0.5) is 0 Å². The summed E-state index contributed by atoms with van der Waals surface area (Å²) < 4.78 is 0. The molecule has 0 saturated carbocycles. The van der Waals surface area contributed by atoms with Crippen LogP contribution in [0.25, 0.3) is 0 Å². The first-order valence-electron chi connectivity index (χ1n) is 0.830. The number of nitrogens with zero attached hydrogens (tertiary/aromatic N) is 2. The summed E-state index contributed by atoms with van der Waals surface area (Å²) in [7, 11) is 0. The second kappa shape index (κ2) is 34.1. The SMILES string of the molecule is N#CS.O=NO.[NaH]. The van der Waals surface area contributed by atoms with Crippen LogP contribution < -0.4 is 0 Å². The molecule has 4 nitrogen and oxygen atoms in total. The van der Waals surface area contributed by atoms with Gasteiger partial charge in [0, 0.05) is 0 Å². The third-order valence-corrected chi connectivity index (χ3v) is 0. The Labute approximate surface area is 68.1 Å². The summed E-state index contributed by atoms with van der Waals surface area (Å²) in [4.78, 5) is 8.11. The molecule has 0 aliphatic rings. The number of rotatable bonds is 0. The van der Waals surface area contributed by atoms with Gasteiger partial charge in [0.25, 0.3) is 0 Å². The second-order valence-corrected chi connectivity index (χ2v) is 0.382. The van der Waals surface area contributed by atoms with Crippen LogP contribution in [0, 0.1) is 15.6 Å². The molecule has 0 aliphatic carbocycles. The van der Waals surface area contributed by atoms with Crippen molar-refractivity contribution in [1.29, 1.82) is 5.26 Å². The molecule has 0 heterocycles. The standard InChI is InChI=1S/CHNS.HNO2.Na.H/c2*2-1-3;;/h3H;(H,2,3);;. The molecule has 0 atom stereocenters. The van der Waals surface area contributed by atoms with Gasteiger partial charge in [-0.1, -0.05) is 12.6 Å². The number of thiocyanates is 1. The summed E-state index contributed by atoms with van der Waals surface area (Å²) in [5.74, 6) is 0. The van der Waals surface area contributed by atoms with Crippen molar-refractivity contribution in [3.8, 4) is 5.40 Å². The van der Waals surface area contributed by atoms with Crippen molar-refractivity contribution in [3.05, 3.63) is 4.91 Å². The number of hydrogen-bond acceptors (Lipinski definition) is 4. The molecule has 0 amide bonds. The van der Waals surface area contributed by atoms with Crippen molar-refractivity contribution in [2.24, 2.45) is 5.34 Å². The van der Waals surface area contributed by atoms with E-state index in [1.54, 1.807) is 0 Å². The molecule has 0 radical (unpaired) electrons. The Hall–Kier alpha value is 0.240. The van der Waals surface area contributed by atoms with E-state index in [1.165, 1.54) is 10.7 Å². The Balaban J connectivity index is -0.0000000400. The first-order valence-corrected chi connectivity index (χ1v) is 1.28. The second-order valence-electron chi connectivity index (χ2n) is 0.182. The van der Waals surface area contributed by atoms with Crippen molar-refractivity contribution in [2.75, 3.05) is 0 Å². The molecule has 0 aliphatic heterocycles. The van der Waals surface area contributed by atoms with E-state index in [4.69, 9.17) is 15.4 Å². The predicted molar refractivity (Wildman–Crippen MR) is 29.3 cm³/mol. The summed E-state index contributed by atoms with van der Waals surface area (Å²) in [6.07, 6.45) is 0. The molecule has 0 unspecified atom stereocenters. The van der Waals surface area contributed by atoms with Crippen LogP contribution in [0.5, 0.6) is 0 Å². The molecule has 1 N–H and O–H groups in total. The molecule has 0 rings (SSSR count). The zero-order valence-electron chi connectivity index (χ0n) is 2.70. The third kappa shape index (κ3) is 1950. The fourth-order valence-corrected chi connectivity index (χ4v) is 0. The van der Waals surface area contributed by atoms with Gasteiger partial charge in [-0.3, -0.25) is 0 Å². The van der Waals surface area contributed by atoms with Crippen LogP contribution in [0.1, 0.15) is 0 Å². The summed E-state index contributed by atoms with van der Waals surface area (Å²) >= 11 is 3.09. The zero-order chi connectivity index (χ0) is 5.41. The molecule has 0 fully saturated rings. The Morgan fingerprint density at radius 2 is 1.86 bits per heavy atom. The molecule has 0 saturated heterocycles. The van der Waals surface area contributed by atoms with E-state index >= 15 is 0 Å². The summed E-state index contributed by atoms with van der Waals surface area (Å²) in [6, 6.07) is 0. The van der Waals surface area contributed by atoms with E-state index in [0.29, 0.717) is 0 Å². The third-order valence-electron chi connectivity index (χ3n) is 0. The van der Waals surface area contributed by atoms with Gasteiger partial charge < -0.3 is 5.21 Å². The van der Waals surface area contributed by atoms with E-state index in [9.17, 15) is 0 Å². The summed E-state index contributed by atoms with van der Waals surface area (Å²) in [5.41, 5.74) is 0. The Morgan fingerprint density at radius 3 is 1.86 bits per heavy atom. The first-order chi connectivity index (χ1) is 2.83. The van der Waals surface area contributed by atoms with E-state index in [-0.39, 0.29) is 29.6 Å². The molecule has 0 bridgehead atoms. The average molecular weight is 130 g/mol. The van der Waals surface area contributed by atoms with Crippen LogP contribution in [-0.2, 0) is 0 Å². The maximum atomic E-state index is 8.11. The van der Waals surface area contributed by atoms with Crippen LogP contribution in [-0.4, -0.2) is 34.8 Å². The topological polar surface area (TPSA) is 73.5 Å². The number of nitriles is 1. The molecule has 36 valence electrons. The number of hydrogen-bond donors (Lipinski definition) is 2. The Bertz CT molecular complexity index is 61.2. The van der Waals surface area contributed by atoms with Crippen LogP contribution in [0.15, 0.2) is 5.34 Å². The van der Waals surface area contributed by atoms with E-state index < -0.39 is 0 Å². The normalized spacial score (nSPS) is 2.86. The summed E-state index contributed by atoms with van der Waals surface area (Å²) in [5, 5.41) is 16.5. The van der Waals surface area contributed by atoms with Gasteiger partial charge in [0.1, 0.15) is 5.40 Å². The Morgan fingerprint density at radius 1 is 1.86 bits per heavy atom. The monoisotopic (exact) mass is 130 g/mol. The molecular formula is CH3N2NaO2S. The van der Waals surface area contributed by atoms with Gasteiger partial charge in [-0.25, -0.2) is 0 Å². The van der Waals surface area contributed by atoms with E-state index in [1.807, 2.05) is 0 Å². The quantitative estimate of drug-likeness (QED) is 0.158. The van der Waals surface area contributed by atoms with Crippen molar-refractivity contribution >= 4 is 42.2 Å². The van der Waals surface area contributed by atoms with Crippen LogP contribution in [0.2, 0.25) is 0 Å². The van der Waals surface area contributed by atoms with Crippen molar-refractivity contribution in [2.45, 2.75) is 0 Å². The van der Waals surface area contributed by atoms with E-state index in [0.717, 1.165) is 0 Å². The molecule has 6 heteroatoms.